The van der Waals surface area contributed by atoms with Crippen molar-refractivity contribution in [2.45, 2.75) is 39.7 Å². The van der Waals surface area contributed by atoms with Crippen molar-refractivity contribution in [2.24, 2.45) is 0 Å². The minimum absolute atomic E-state index is 0.423. The lowest BCUT2D eigenvalue weighted by Gasteiger charge is -2.13. The topological polar surface area (TPSA) is 42.2 Å². The zero-order valence-electron chi connectivity index (χ0n) is 12.1. The summed E-state index contributed by atoms with van der Waals surface area (Å²) in [6.45, 7) is 6.07. The fourth-order valence-corrected chi connectivity index (χ4v) is 2.95. The van der Waals surface area contributed by atoms with E-state index >= 15 is 0 Å². The summed E-state index contributed by atoms with van der Waals surface area (Å²) in [7, 11) is 0. The summed E-state index contributed by atoms with van der Waals surface area (Å²) in [4.78, 5) is 11.4. The van der Waals surface area contributed by atoms with Gasteiger partial charge in [-0.2, -0.15) is 0 Å². The Kier molecular flexibility index (Phi) is 2.93. The van der Waals surface area contributed by atoms with Gasteiger partial charge in [-0.3, -0.25) is 0 Å². The van der Waals surface area contributed by atoms with Gasteiger partial charge in [-0.15, -0.1) is 0 Å². The number of aromatic nitrogens is 1. The SMILES string of the molecule is Cc1ccc(-c2cc(C(=O)O)c(C)n2C2CC2)c(C)c1. The normalized spacial score (nSPS) is 14.6. The number of aromatic carboxylic acids is 1. The second-order valence-electron chi connectivity index (χ2n) is 5.75. The van der Waals surface area contributed by atoms with E-state index in [0.717, 1.165) is 29.8 Å². The molecule has 2 aromatic rings. The first-order chi connectivity index (χ1) is 9.49. The van der Waals surface area contributed by atoms with Crippen LogP contribution in [0.3, 0.4) is 0 Å². The summed E-state index contributed by atoms with van der Waals surface area (Å²) in [5.41, 5.74) is 5.90. The van der Waals surface area contributed by atoms with Crippen LogP contribution < -0.4 is 0 Å². The highest BCUT2D eigenvalue weighted by molar-refractivity contribution is 5.91. The van der Waals surface area contributed by atoms with Gasteiger partial charge >= 0.3 is 5.97 Å². The van der Waals surface area contributed by atoms with Gasteiger partial charge in [0.15, 0.2) is 0 Å². The van der Waals surface area contributed by atoms with Crippen LogP contribution in [0.2, 0.25) is 0 Å². The van der Waals surface area contributed by atoms with Gasteiger partial charge in [0, 0.05) is 23.0 Å². The zero-order chi connectivity index (χ0) is 14.4. The first kappa shape index (κ1) is 13.0. The van der Waals surface area contributed by atoms with Crippen LogP contribution in [0, 0.1) is 20.8 Å². The van der Waals surface area contributed by atoms with Crippen LogP contribution in [0.1, 0.15) is 46.1 Å². The van der Waals surface area contributed by atoms with Gasteiger partial charge < -0.3 is 9.67 Å². The summed E-state index contributed by atoms with van der Waals surface area (Å²) in [5, 5.41) is 9.35. The molecule has 0 amide bonds. The summed E-state index contributed by atoms with van der Waals surface area (Å²) in [6, 6.07) is 8.63. The smallest absolute Gasteiger partial charge is 0.337 e. The number of hydrogen-bond donors (Lipinski definition) is 1. The Morgan fingerprint density at radius 2 is 1.90 bits per heavy atom. The van der Waals surface area contributed by atoms with Gasteiger partial charge in [0.25, 0.3) is 0 Å². The molecule has 1 aromatic heterocycles. The lowest BCUT2D eigenvalue weighted by molar-refractivity contribution is 0.0696. The van der Waals surface area contributed by atoms with E-state index in [9.17, 15) is 9.90 Å². The molecule has 3 nitrogen and oxygen atoms in total. The van der Waals surface area contributed by atoms with Crippen LogP contribution in [-0.2, 0) is 0 Å². The van der Waals surface area contributed by atoms with Gasteiger partial charge in [-0.1, -0.05) is 23.8 Å². The number of hydrogen-bond acceptors (Lipinski definition) is 1. The zero-order valence-corrected chi connectivity index (χ0v) is 12.1. The van der Waals surface area contributed by atoms with Crippen LogP contribution >= 0.6 is 0 Å². The molecule has 1 fully saturated rings. The van der Waals surface area contributed by atoms with Crippen LogP contribution in [-0.4, -0.2) is 15.6 Å². The number of carbonyl (C=O) groups is 1. The molecule has 20 heavy (non-hydrogen) atoms. The number of nitrogens with zero attached hydrogens (tertiary/aromatic N) is 1. The third kappa shape index (κ3) is 2.03. The number of carboxylic acid groups (broad SMARTS) is 1. The fraction of sp³-hybridized carbons (Fsp3) is 0.353. The van der Waals surface area contributed by atoms with Crippen molar-refractivity contribution in [3.8, 4) is 11.3 Å². The number of benzene rings is 1. The predicted molar refractivity (Wildman–Crippen MR) is 79.3 cm³/mol. The van der Waals surface area contributed by atoms with E-state index in [1.807, 2.05) is 13.0 Å². The summed E-state index contributed by atoms with van der Waals surface area (Å²) < 4.78 is 2.21. The Bertz CT molecular complexity index is 693. The van der Waals surface area contributed by atoms with Crippen LogP contribution in [0.15, 0.2) is 24.3 Å². The first-order valence-corrected chi connectivity index (χ1v) is 7.02. The van der Waals surface area contributed by atoms with Crippen molar-refractivity contribution in [1.29, 1.82) is 0 Å². The summed E-state index contributed by atoms with van der Waals surface area (Å²) >= 11 is 0. The van der Waals surface area contributed by atoms with E-state index in [1.165, 1.54) is 11.1 Å². The highest BCUT2D eigenvalue weighted by atomic mass is 16.4. The molecular weight excluding hydrogens is 250 g/mol. The minimum Gasteiger partial charge on any atom is -0.478 e. The lowest BCUT2D eigenvalue weighted by atomic mass is 10.0. The van der Waals surface area contributed by atoms with Crippen molar-refractivity contribution in [1.82, 2.24) is 4.57 Å². The molecular formula is C17H19NO2. The molecule has 0 spiro atoms. The second-order valence-corrected chi connectivity index (χ2v) is 5.75. The van der Waals surface area contributed by atoms with Crippen molar-refractivity contribution in [3.63, 3.8) is 0 Å². The summed E-state index contributed by atoms with van der Waals surface area (Å²) in [5.74, 6) is -0.840. The van der Waals surface area contributed by atoms with Crippen molar-refractivity contribution in [3.05, 3.63) is 46.6 Å². The Labute approximate surface area is 118 Å². The van der Waals surface area contributed by atoms with Crippen molar-refractivity contribution >= 4 is 5.97 Å². The third-order valence-corrected chi connectivity index (χ3v) is 4.09. The quantitative estimate of drug-likeness (QED) is 0.911. The average Bonchev–Trinajstić information content (AvgIpc) is 3.13. The van der Waals surface area contributed by atoms with Crippen LogP contribution in [0.25, 0.3) is 11.3 Å². The van der Waals surface area contributed by atoms with E-state index in [2.05, 4.69) is 36.6 Å². The fourth-order valence-electron chi connectivity index (χ4n) is 2.95. The number of aryl methyl sites for hydroxylation is 2. The maximum atomic E-state index is 11.4. The number of carboxylic acids is 1. The molecule has 0 unspecified atom stereocenters. The monoisotopic (exact) mass is 269 g/mol. The maximum absolute atomic E-state index is 11.4. The van der Waals surface area contributed by atoms with Gasteiger partial charge in [-0.05, 0) is 45.2 Å². The van der Waals surface area contributed by atoms with Crippen LogP contribution in [0.5, 0.6) is 0 Å². The molecule has 104 valence electrons. The van der Waals surface area contributed by atoms with Gasteiger partial charge in [0.2, 0.25) is 0 Å². The number of rotatable bonds is 3. The van der Waals surface area contributed by atoms with Crippen molar-refractivity contribution < 1.29 is 9.90 Å². The highest BCUT2D eigenvalue weighted by Crippen LogP contribution is 2.42. The van der Waals surface area contributed by atoms with E-state index in [4.69, 9.17) is 0 Å². The Morgan fingerprint density at radius 1 is 1.20 bits per heavy atom. The molecule has 1 aliphatic rings. The molecule has 0 saturated heterocycles. The molecule has 0 radical (unpaired) electrons. The molecule has 1 aliphatic carbocycles. The van der Waals surface area contributed by atoms with Gasteiger partial charge in [0.1, 0.15) is 0 Å². The van der Waals surface area contributed by atoms with E-state index in [-0.39, 0.29) is 0 Å². The Morgan fingerprint density at radius 3 is 2.45 bits per heavy atom. The largest absolute Gasteiger partial charge is 0.478 e. The molecule has 0 bridgehead atoms. The summed E-state index contributed by atoms with van der Waals surface area (Å²) in [6.07, 6.45) is 2.29. The maximum Gasteiger partial charge on any atom is 0.337 e. The molecule has 3 heteroatoms. The molecule has 1 saturated carbocycles. The van der Waals surface area contributed by atoms with Gasteiger partial charge in [-0.25, -0.2) is 4.79 Å². The van der Waals surface area contributed by atoms with Gasteiger partial charge in [0.05, 0.1) is 5.56 Å². The second kappa shape index (κ2) is 4.51. The molecule has 3 rings (SSSR count). The Hall–Kier alpha value is -2.03. The van der Waals surface area contributed by atoms with E-state index in [1.54, 1.807) is 0 Å². The van der Waals surface area contributed by atoms with Crippen LogP contribution in [0.4, 0.5) is 0 Å². The lowest BCUT2D eigenvalue weighted by Crippen LogP contribution is -2.03. The predicted octanol–water partition coefficient (Wildman–Crippen LogP) is 4.11. The molecule has 0 atom stereocenters. The third-order valence-electron chi connectivity index (χ3n) is 4.09. The first-order valence-electron chi connectivity index (χ1n) is 7.02. The molecule has 1 aromatic carbocycles. The van der Waals surface area contributed by atoms with E-state index < -0.39 is 5.97 Å². The Balaban J connectivity index is 2.22. The molecule has 1 N–H and O–H groups in total. The van der Waals surface area contributed by atoms with Crippen molar-refractivity contribution in [2.75, 3.05) is 0 Å². The standard InChI is InChI=1S/C17H19NO2/c1-10-4-7-14(11(2)8-10)16-9-15(17(19)20)12(3)18(16)13-5-6-13/h4,7-9,13H,5-6H2,1-3H3,(H,19,20). The minimum atomic E-state index is -0.840. The molecule has 0 aliphatic heterocycles. The molecule has 1 heterocycles. The van der Waals surface area contributed by atoms with E-state index in [0.29, 0.717) is 11.6 Å². The average molecular weight is 269 g/mol. The highest BCUT2D eigenvalue weighted by Gasteiger charge is 2.30.